The number of fused-ring (bicyclic) bond motifs is 1. The van der Waals surface area contributed by atoms with E-state index in [0.717, 1.165) is 18.4 Å². The van der Waals surface area contributed by atoms with Gasteiger partial charge in [-0.05, 0) is 24.5 Å². The van der Waals surface area contributed by atoms with Gasteiger partial charge in [0.2, 0.25) is 17.7 Å². The predicted octanol–water partition coefficient (Wildman–Crippen LogP) is 5.46. The molecule has 1 aromatic rings. The first kappa shape index (κ1) is 21.3. The molecular weight excluding hydrogens is 340 g/mol. The summed E-state index contributed by atoms with van der Waals surface area (Å²) < 4.78 is 4.89. The van der Waals surface area contributed by atoms with Crippen molar-refractivity contribution in [3.8, 4) is 0 Å². The lowest BCUT2D eigenvalue weighted by atomic mass is 10.0. The minimum atomic E-state index is -1.29. The van der Waals surface area contributed by atoms with Crippen molar-refractivity contribution in [1.29, 1.82) is 0 Å². The second-order valence-corrected chi connectivity index (χ2v) is 7.53. The van der Waals surface area contributed by atoms with Gasteiger partial charge >= 0.3 is 5.97 Å². The highest BCUT2D eigenvalue weighted by Gasteiger charge is 2.40. The molecule has 27 heavy (non-hydrogen) atoms. The Balaban J connectivity index is 1.71. The van der Waals surface area contributed by atoms with Crippen LogP contribution in [-0.2, 0) is 16.0 Å². The molecule has 0 amide bonds. The van der Waals surface area contributed by atoms with Gasteiger partial charge < -0.3 is 4.74 Å². The average molecular weight is 373 g/mol. The van der Waals surface area contributed by atoms with E-state index in [2.05, 4.69) is 6.92 Å². The summed E-state index contributed by atoms with van der Waals surface area (Å²) in [5, 5.41) is 0. The van der Waals surface area contributed by atoms with E-state index in [1.165, 1.54) is 64.7 Å². The van der Waals surface area contributed by atoms with Gasteiger partial charge in [-0.25, -0.2) is 0 Å². The lowest BCUT2D eigenvalue weighted by Gasteiger charge is -2.05. The monoisotopic (exact) mass is 372 g/mol. The van der Waals surface area contributed by atoms with Crippen molar-refractivity contribution in [2.24, 2.45) is 0 Å². The van der Waals surface area contributed by atoms with Gasteiger partial charge in [0.1, 0.15) is 0 Å². The third-order valence-electron chi connectivity index (χ3n) is 5.19. The molecule has 4 heteroatoms. The number of hydrogen-bond donors (Lipinski definition) is 0. The first-order valence-corrected chi connectivity index (χ1v) is 10.4. The first-order chi connectivity index (χ1) is 13.0. The highest BCUT2D eigenvalue weighted by atomic mass is 16.5. The van der Waals surface area contributed by atoms with Crippen LogP contribution in [0.4, 0.5) is 0 Å². The molecule has 0 saturated heterocycles. The normalized spacial score (nSPS) is 15.9. The van der Waals surface area contributed by atoms with E-state index in [0.29, 0.717) is 11.1 Å². The number of aryl methyl sites for hydroxylation is 1. The Labute approximate surface area is 162 Å². The summed E-state index contributed by atoms with van der Waals surface area (Å²) in [7, 11) is 0. The number of benzene rings is 1. The van der Waals surface area contributed by atoms with E-state index in [1.54, 1.807) is 12.1 Å². The molecule has 0 radical (unpaired) electrons. The van der Waals surface area contributed by atoms with Gasteiger partial charge in [0.15, 0.2) is 0 Å². The van der Waals surface area contributed by atoms with Crippen molar-refractivity contribution in [3.63, 3.8) is 0 Å². The van der Waals surface area contributed by atoms with Crippen LogP contribution in [0.1, 0.15) is 104 Å². The molecule has 0 spiro atoms. The Morgan fingerprint density at radius 1 is 0.852 bits per heavy atom. The number of hydrogen-bond acceptors (Lipinski definition) is 4. The molecule has 0 heterocycles. The topological polar surface area (TPSA) is 60.4 Å². The maximum absolute atomic E-state index is 12.3. The van der Waals surface area contributed by atoms with Crippen LogP contribution >= 0.6 is 0 Å². The fraction of sp³-hybridized carbons (Fsp3) is 0.609. The summed E-state index contributed by atoms with van der Waals surface area (Å²) in [5.41, 5.74) is 1.84. The molecule has 1 aromatic carbocycles. The Morgan fingerprint density at radius 3 is 2.00 bits per heavy atom. The van der Waals surface area contributed by atoms with Gasteiger partial charge in [-0.2, -0.15) is 0 Å². The van der Waals surface area contributed by atoms with Crippen LogP contribution in [-0.4, -0.2) is 23.6 Å². The minimum absolute atomic E-state index is 0.373. The average Bonchev–Trinajstić information content (AvgIpc) is 2.87. The Hall–Kier alpha value is -1.97. The number of ketones is 2. The van der Waals surface area contributed by atoms with Crippen molar-refractivity contribution >= 4 is 17.5 Å². The van der Waals surface area contributed by atoms with Crippen molar-refractivity contribution < 1.29 is 19.1 Å². The van der Waals surface area contributed by atoms with Crippen molar-refractivity contribution in [2.75, 3.05) is 0 Å². The third-order valence-corrected chi connectivity index (χ3v) is 5.19. The van der Waals surface area contributed by atoms with Crippen LogP contribution in [0.3, 0.4) is 0 Å². The Kier molecular flexibility index (Phi) is 8.70. The molecule has 0 bridgehead atoms. The van der Waals surface area contributed by atoms with Gasteiger partial charge in [0.25, 0.3) is 0 Å². The number of esters is 1. The van der Waals surface area contributed by atoms with E-state index in [9.17, 15) is 14.4 Å². The van der Waals surface area contributed by atoms with Crippen LogP contribution in [0.25, 0.3) is 0 Å². The molecule has 0 aromatic heterocycles. The van der Waals surface area contributed by atoms with Gasteiger partial charge in [0, 0.05) is 18.1 Å². The predicted molar refractivity (Wildman–Crippen MR) is 106 cm³/mol. The van der Waals surface area contributed by atoms with Crippen LogP contribution in [0, 0.1) is 0 Å². The molecular formula is C23H32O4. The van der Waals surface area contributed by atoms with Crippen molar-refractivity contribution in [3.05, 3.63) is 34.9 Å². The Morgan fingerprint density at radius 2 is 1.41 bits per heavy atom. The van der Waals surface area contributed by atoms with Gasteiger partial charge in [-0.15, -0.1) is 0 Å². The molecule has 1 unspecified atom stereocenters. The SMILES string of the molecule is CCCCCCCCCCCCc1ccc2c(c1)C(=O)C(OC(C)=O)C2=O. The van der Waals surface area contributed by atoms with E-state index in [1.807, 2.05) is 6.07 Å². The molecule has 0 aliphatic heterocycles. The third kappa shape index (κ3) is 6.30. The van der Waals surface area contributed by atoms with E-state index in [4.69, 9.17) is 4.74 Å². The smallest absolute Gasteiger partial charge is 0.303 e. The zero-order valence-electron chi connectivity index (χ0n) is 16.7. The lowest BCUT2D eigenvalue weighted by molar-refractivity contribution is -0.142. The molecule has 0 N–H and O–H groups in total. The maximum atomic E-state index is 12.3. The van der Waals surface area contributed by atoms with Crippen LogP contribution in [0.2, 0.25) is 0 Å². The van der Waals surface area contributed by atoms with Gasteiger partial charge in [0.05, 0.1) is 0 Å². The molecule has 4 nitrogen and oxygen atoms in total. The number of carbonyl (C=O) groups excluding carboxylic acids is 3. The zero-order chi connectivity index (χ0) is 19.6. The number of ether oxygens (including phenoxy) is 1. The summed E-state index contributed by atoms with van der Waals surface area (Å²) in [6.45, 7) is 3.45. The summed E-state index contributed by atoms with van der Waals surface area (Å²) in [6.07, 6.45) is 12.5. The number of Topliss-reactive ketones (excluding diaryl/α,β-unsaturated/α-hetero) is 2. The highest BCUT2D eigenvalue weighted by molar-refractivity contribution is 6.29. The first-order valence-electron chi connectivity index (χ1n) is 10.4. The maximum Gasteiger partial charge on any atom is 0.303 e. The second-order valence-electron chi connectivity index (χ2n) is 7.53. The highest BCUT2D eigenvalue weighted by Crippen LogP contribution is 2.26. The molecule has 0 saturated carbocycles. The van der Waals surface area contributed by atoms with Gasteiger partial charge in [-0.3, -0.25) is 14.4 Å². The fourth-order valence-electron chi connectivity index (χ4n) is 3.66. The largest absolute Gasteiger partial charge is 0.446 e. The standard InChI is InChI=1S/C23H32O4/c1-3-4-5-6-7-8-9-10-11-12-13-18-14-15-19-20(16-18)22(26)23(21(19)25)27-17(2)24/h14-16,23H,3-13H2,1-2H3. The molecule has 1 atom stereocenters. The van der Waals surface area contributed by atoms with Crippen LogP contribution in [0.15, 0.2) is 18.2 Å². The van der Waals surface area contributed by atoms with Crippen molar-refractivity contribution in [2.45, 2.75) is 90.6 Å². The lowest BCUT2D eigenvalue weighted by Crippen LogP contribution is -2.27. The summed E-state index contributed by atoms with van der Waals surface area (Å²) >= 11 is 0. The van der Waals surface area contributed by atoms with Crippen LogP contribution < -0.4 is 0 Å². The summed E-state index contributed by atoms with van der Waals surface area (Å²) in [6, 6.07) is 5.41. The quantitative estimate of drug-likeness (QED) is 0.278. The van der Waals surface area contributed by atoms with Crippen LogP contribution in [0.5, 0.6) is 0 Å². The van der Waals surface area contributed by atoms with E-state index >= 15 is 0 Å². The van der Waals surface area contributed by atoms with E-state index in [-0.39, 0.29) is 0 Å². The molecule has 148 valence electrons. The van der Waals surface area contributed by atoms with Gasteiger partial charge in [-0.1, -0.05) is 76.8 Å². The fourth-order valence-corrected chi connectivity index (χ4v) is 3.66. The number of rotatable bonds is 12. The molecule has 2 rings (SSSR count). The Bertz CT molecular complexity index is 662. The second kappa shape index (κ2) is 11.0. The molecule has 1 aliphatic rings. The molecule has 0 fully saturated rings. The van der Waals surface area contributed by atoms with E-state index < -0.39 is 23.6 Å². The minimum Gasteiger partial charge on any atom is -0.446 e. The number of carbonyl (C=O) groups is 3. The molecule has 1 aliphatic carbocycles. The van der Waals surface area contributed by atoms with Crippen molar-refractivity contribution in [1.82, 2.24) is 0 Å². The zero-order valence-corrected chi connectivity index (χ0v) is 16.7. The number of unbranched alkanes of at least 4 members (excludes halogenated alkanes) is 9. The summed E-state index contributed by atoms with van der Waals surface area (Å²) in [5.74, 6) is -1.41. The summed E-state index contributed by atoms with van der Waals surface area (Å²) in [4.78, 5) is 35.6.